The highest BCUT2D eigenvalue weighted by Gasteiger charge is 2.58. The average molecular weight is 1140 g/mol. The zero-order valence-corrected chi connectivity index (χ0v) is 41.0. The van der Waals surface area contributed by atoms with Crippen LogP contribution >= 0.6 is 0 Å². The van der Waals surface area contributed by atoms with Crippen LogP contribution in [-0.2, 0) is 61.6 Å². The second-order valence-electron chi connectivity index (χ2n) is 19.4. The Bertz CT molecular complexity index is 2040. The molecule has 34 heteroatoms. The maximum absolute atomic E-state index is 11.3. The predicted octanol–water partition coefficient (Wildman–Crippen LogP) is -10.7. The number of ether oxygens (including phenoxy) is 14. The first-order valence-corrected chi connectivity index (χ1v) is 24.7. The molecule has 78 heavy (non-hydrogen) atoms. The summed E-state index contributed by atoms with van der Waals surface area (Å²) in [6.07, 6.45) is -55.1. The van der Waals surface area contributed by atoms with Crippen LogP contribution < -0.4 is 4.74 Å². The summed E-state index contributed by atoms with van der Waals surface area (Å²) in [5.41, 5.74) is -0.275. The van der Waals surface area contributed by atoms with Crippen LogP contribution in [0.3, 0.4) is 0 Å². The smallest absolute Gasteiger partial charge is 0.269 e. The van der Waals surface area contributed by atoms with Gasteiger partial charge in [-0.1, -0.05) is 0 Å². The number of rotatable bonds is 18. The van der Waals surface area contributed by atoms with E-state index in [9.17, 15) is 96.9 Å². The van der Waals surface area contributed by atoms with Gasteiger partial charge in [-0.25, -0.2) is 0 Å². The summed E-state index contributed by atoms with van der Waals surface area (Å²) in [5.74, 6) is -0.0292. The molecule has 2 unspecified atom stereocenters. The Morgan fingerprint density at radius 2 is 0.731 bits per heavy atom. The number of nitro benzene ring substituents is 1. The minimum absolute atomic E-state index is 0.0292. The SMILES string of the molecule is CC1OC[C@H]2O[C@H](O[C@H]3[C@H](O)[C@@H](O)[C@@H](OC4[C@@H](CO)O[C@H](O[C@H]5[C@H](O)[C@@H](O)[C@@H](O[C@H]6[C@H](O)[C@@H](O)[C@@H](O[C@H]7[C@H](O)[C@@H](O)[C@@H](Oc8ccc([N+](=O)[O-])cc8)O[C@@H]7CO)O[C@@H]6CO)O[C@@H]5CO)[C@H](O)[C@H]4O)O[C@@H]3CO)[C@H](O)[C@@H](O)[C@@H]2O1. The van der Waals surface area contributed by atoms with Crippen molar-refractivity contribution in [3.8, 4) is 5.75 Å². The normalized spacial score (nSPS) is 49.2. The molecule has 0 radical (unpaired) electrons. The molecule has 0 amide bonds. The Labute approximate surface area is 440 Å². The van der Waals surface area contributed by atoms with Gasteiger partial charge in [-0.15, -0.1) is 0 Å². The topological polar surface area (TPSA) is 516 Å². The minimum atomic E-state index is -2.19. The highest BCUT2D eigenvalue weighted by atomic mass is 16.8. The highest BCUT2D eigenvalue weighted by molar-refractivity contribution is 5.36. The lowest BCUT2D eigenvalue weighted by Gasteiger charge is -2.50. The van der Waals surface area contributed by atoms with Gasteiger partial charge in [-0.3, -0.25) is 10.1 Å². The van der Waals surface area contributed by atoms with Crippen LogP contribution in [-0.4, -0.2) is 322 Å². The van der Waals surface area contributed by atoms with Crippen molar-refractivity contribution in [2.45, 2.75) is 197 Å². The predicted molar refractivity (Wildman–Crippen MR) is 238 cm³/mol. The summed E-state index contributed by atoms with van der Waals surface area (Å²) in [6, 6.07) is 4.57. The lowest BCUT2D eigenvalue weighted by atomic mass is 9.95. The monoisotopic (exact) mass is 1140 g/mol. The minimum Gasteiger partial charge on any atom is -0.462 e. The van der Waals surface area contributed by atoms with Crippen molar-refractivity contribution in [1.29, 1.82) is 0 Å². The van der Waals surface area contributed by atoms with E-state index >= 15 is 0 Å². The van der Waals surface area contributed by atoms with E-state index in [1.165, 1.54) is 12.1 Å². The van der Waals surface area contributed by atoms with Crippen molar-refractivity contribution in [2.75, 3.05) is 39.6 Å². The zero-order chi connectivity index (χ0) is 56.6. The fraction of sp³-hybridized carbons (Fsp3) is 0.864. The van der Waals surface area contributed by atoms with E-state index in [1.807, 2.05) is 0 Å². The molecule has 1 aromatic rings. The first kappa shape index (κ1) is 61.3. The number of nitrogens with zero attached hydrogens (tertiary/aromatic N) is 1. The number of aliphatic hydroxyl groups is 17. The highest BCUT2D eigenvalue weighted by Crippen LogP contribution is 2.38. The van der Waals surface area contributed by atoms with Gasteiger partial charge in [0.1, 0.15) is 152 Å². The van der Waals surface area contributed by atoms with E-state index in [0.29, 0.717) is 0 Å². The van der Waals surface area contributed by atoms with Gasteiger partial charge in [0, 0.05) is 12.1 Å². The number of fused-ring (bicyclic) bond motifs is 1. The number of hydrogen-bond donors (Lipinski definition) is 17. The fourth-order valence-corrected chi connectivity index (χ4v) is 10.0. The standard InChI is InChI=1S/C44H67NO33/c1-12-65-11-20-38(66-12)26(56)32(62)44(73-20)78-37-19(10-50)72-43(31(61)25(37)55)77-36-18(9-49)71-42(30(60)24(36)54)76-35-17(8-48)70-41(29(59)23(35)53)75-34-16(7-47)69-40(28(58)22(34)52)74-33-15(6-46)68-39(27(57)21(33)51)67-14-4-2-13(3-5-14)45(63)64/h2-5,12,15-44,46-62H,6-11H2,1H3/t12?,15-,16-,17-,18-,19-,20-,21-,22-,23-,24-,25-,26-,27-,28-,29-,30-,31-,32-,33-,34-,35-,36?,37-,38-,39+,40-,41-,42-,43-,44-/m1/s1. The molecule has 0 aromatic heterocycles. The van der Waals surface area contributed by atoms with Gasteiger partial charge in [-0.2, -0.15) is 0 Å². The van der Waals surface area contributed by atoms with Gasteiger partial charge in [0.25, 0.3) is 5.69 Å². The second-order valence-corrected chi connectivity index (χ2v) is 19.4. The molecular weight excluding hydrogens is 1070 g/mol. The summed E-state index contributed by atoms with van der Waals surface area (Å²) in [4.78, 5) is 10.4. The number of nitro groups is 1. The fourth-order valence-electron chi connectivity index (χ4n) is 10.0. The first-order chi connectivity index (χ1) is 37.1. The molecule has 7 aliphatic heterocycles. The van der Waals surface area contributed by atoms with Crippen LogP contribution in [0.5, 0.6) is 5.75 Å². The van der Waals surface area contributed by atoms with Gasteiger partial charge >= 0.3 is 0 Å². The van der Waals surface area contributed by atoms with Gasteiger partial charge < -0.3 is 153 Å². The van der Waals surface area contributed by atoms with Gasteiger partial charge in [0.15, 0.2) is 37.7 Å². The van der Waals surface area contributed by atoms with E-state index in [1.54, 1.807) is 6.92 Å². The molecule has 17 N–H and O–H groups in total. The Morgan fingerprint density at radius 1 is 0.436 bits per heavy atom. The molecule has 31 atom stereocenters. The molecular formula is C44H67NO33. The van der Waals surface area contributed by atoms with E-state index in [0.717, 1.165) is 12.1 Å². The molecule has 0 aliphatic carbocycles. The number of aliphatic hydroxyl groups excluding tert-OH is 17. The average Bonchev–Trinajstić information content (AvgIpc) is 3.48. The quantitative estimate of drug-likeness (QED) is 0.0479. The number of benzene rings is 1. The van der Waals surface area contributed by atoms with E-state index in [4.69, 9.17) is 66.3 Å². The van der Waals surface area contributed by atoms with Crippen molar-refractivity contribution < 1.29 is 158 Å². The largest absolute Gasteiger partial charge is 0.462 e. The summed E-state index contributed by atoms with van der Waals surface area (Å²) < 4.78 is 78.9. The molecule has 34 nitrogen and oxygen atoms in total. The Morgan fingerprint density at radius 3 is 1.05 bits per heavy atom. The molecule has 7 aliphatic rings. The van der Waals surface area contributed by atoms with E-state index < -0.39 is 228 Å². The Kier molecular flexibility index (Phi) is 20.6. The molecule has 8 rings (SSSR count). The summed E-state index contributed by atoms with van der Waals surface area (Å²) in [7, 11) is 0. The summed E-state index contributed by atoms with van der Waals surface area (Å²) in [6.45, 7) is -3.35. The molecule has 7 fully saturated rings. The lowest BCUT2D eigenvalue weighted by Crippen LogP contribution is -2.68. The maximum atomic E-state index is 11.3. The van der Waals surface area contributed by atoms with Crippen LogP contribution in [0.2, 0.25) is 0 Å². The molecule has 7 heterocycles. The van der Waals surface area contributed by atoms with Gasteiger partial charge in [-0.05, 0) is 19.1 Å². The van der Waals surface area contributed by atoms with Crippen LogP contribution in [0.1, 0.15) is 6.92 Å². The molecule has 1 aromatic carbocycles. The third-order valence-electron chi connectivity index (χ3n) is 14.3. The van der Waals surface area contributed by atoms with Gasteiger partial charge in [0.2, 0.25) is 6.29 Å². The molecule has 0 saturated carbocycles. The van der Waals surface area contributed by atoms with Crippen molar-refractivity contribution in [3.63, 3.8) is 0 Å². The van der Waals surface area contributed by atoms with Crippen molar-refractivity contribution >= 4 is 5.69 Å². The van der Waals surface area contributed by atoms with Crippen LogP contribution in [0.4, 0.5) is 5.69 Å². The van der Waals surface area contributed by atoms with Crippen LogP contribution in [0, 0.1) is 10.1 Å². The van der Waals surface area contributed by atoms with Crippen LogP contribution in [0.25, 0.3) is 0 Å². The van der Waals surface area contributed by atoms with Crippen molar-refractivity contribution in [3.05, 3.63) is 34.4 Å². The van der Waals surface area contributed by atoms with Crippen molar-refractivity contribution in [2.24, 2.45) is 0 Å². The molecule has 0 bridgehead atoms. The number of non-ortho nitro benzene ring substituents is 1. The zero-order valence-electron chi connectivity index (χ0n) is 41.0. The summed E-state index contributed by atoms with van der Waals surface area (Å²) in [5, 5.41) is 196. The molecule has 446 valence electrons. The lowest BCUT2D eigenvalue weighted by molar-refractivity contribution is -0.399. The van der Waals surface area contributed by atoms with Gasteiger partial charge in [0.05, 0.1) is 44.6 Å². The molecule has 7 saturated heterocycles. The maximum Gasteiger partial charge on any atom is 0.269 e. The van der Waals surface area contributed by atoms with Crippen LogP contribution in [0.15, 0.2) is 24.3 Å². The number of hydrogen-bond acceptors (Lipinski definition) is 33. The summed E-state index contributed by atoms with van der Waals surface area (Å²) >= 11 is 0. The third-order valence-corrected chi connectivity index (χ3v) is 14.3. The van der Waals surface area contributed by atoms with E-state index in [-0.39, 0.29) is 18.0 Å². The molecule has 0 spiro atoms. The second kappa shape index (κ2) is 26.2. The van der Waals surface area contributed by atoms with Crippen molar-refractivity contribution in [1.82, 2.24) is 0 Å². The Balaban J connectivity index is 0.856. The van der Waals surface area contributed by atoms with E-state index in [2.05, 4.69) is 0 Å². The third kappa shape index (κ3) is 12.6. The first-order valence-electron chi connectivity index (χ1n) is 24.7. The Hall–Kier alpha value is -2.78.